The summed E-state index contributed by atoms with van der Waals surface area (Å²) in [5, 5.41) is 4.35. The van der Waals surface area contributed by atoms with Crippen LogP contribution in [-0.4, -0.2) is 41.3 Å². The molecule has 1 aromatic carbocycles. The number of rotatable bonds is 8. The van der Waals surface area contributed by atoms with Gasteiger partial charge in [0.25, 0.3) is 0 Å². The average molecular weight is 269 g/mol. The third-order valence-electron chi connectivity index (χ3n) is 2.73. The second-order valence-electron chi connectivity index (χ2n) is 3.87. The predicted molar refractivity (Wildman–Crippen MR) is 72.5 cm³/mol. The highest BCUT2D eigenvalue weighted by molar-refractivity contribution is 5.57. The molecule has 0 bridgehead atoms. The molecule has 0 heterocycles. The molecule has 0 aliphatic heterocycles. The summed E-state index contributed by atoms with van der Waals surface area (Å²) in [5.74, 6) is 1.24. The molecule has 6 heteroatoms. The Kier molecular flexibility index (Phi) is 6.41. The normalized spacial score (nSPS) is 10.8. The van der Waals surface area contributed by atoms with Gasteiger partial charge < -0.3 is 24.7 Å². The molecule has 0 aliphatic rings. The van der Waals surface area contributed by atoms with Gasteiger partial charge in [-0.3, -0.25) is 0 Å². The van der Waals surface area contributed by atoms with Crippen molar-refractivity contribution in [1.29, 1.82) is 0 Å². The summed E-state index contributed by atoms with van der Waals surface area (Å²) in [5.41, 5.74) is 7.44. The third kappa shape index (κ3) is 4.27. The van der Waals surface area contributed by atoms with E-state index >= 15 is 0 Å². The first-order valence-corrected chi connectivity index (χ1v) is 5.85. The Hall–Kier alpha value is -1.50. The van der Waals surface area contributed by atoms with Crippen LogP contribution in [0.25, 0.3) is 0 Å². The van der Waals surface area contributed by atoms with Crippen LogP contribution in [0.2, 0.25) is 0 Å². The lowest BCUT2D eigenvalue weighted by Gasteiger charge is -2.15. The number of methoxy groups -OCH3 is 4. The highest BCUT2D eigenvalue weighted by atomic mass is 16.7. The molecule has 1 rings (SSSR count). The predicted octanol–water partition coefficient (Wildman–Crippen LogP) is 1.01. The van der Waals surface area contributed by atoms with E-state index in [4.69, 9.17) is 24.7 Å². The van der Waals surface area contributed by atoms with Crippen LogP contribution in [0.15, 0.2) is 12.1 Å². The Balaban J connectivity index is 2.68. The molecule has 1 aromatic rings. The average Bonchev–Trinajstić information content (AvgIpc) is 2.44. The van der Waals surface area contributed by atoms with Gasteiger partial charge in [-0.2, -0.15) is 0 Å². The Morgan fingerprint density at radius 1 is 1.05 bits per heavy atom. The molecule has 0 aliphatic carbocycles. The maximum atomic E-state index is 5.94. The Labute approximate surface area is 113 Å². The maximum Gasteiger partial charge on any atom is 0.170 e. The first kappa shape index (κ1) is 15.6. The van der Waals surface area contributed by atoms with Gasteiger partial charge in [0.1, 0.15) is 0 Å². The molecule has 0 fully saturated rings. The Morgan fingerprint density at radius 3 is 2.16 bits per heavy atom. The monoisotopic (exact) mass is 269 g/mol. The fourth-order valence-electron chi connectivity index (χ4n) is 1.61. The van der Waals surface area contributed by atoms with E-state index in [0.717, 1.165) is 5.56 Å². The molecule has 0 spiro atoms. The second-order valence-corrected chi connectivity index (χ2v) is 3.87. The molecular weight excluding hydrogens is 248 g/mol. The largest absolute Gasteiger partial charge is 0.493 e. The number of hydrogen-bond acceptors (Lipinski definition) is 5. The lowest BCUT2D eigenvalue weighted by atomic mass is 10.1. The number of nitrogen functional groups attached to an aromatic ring is 1. The van der Waals surface area contributed by atoms with E-state index in [1.54, 1.807) is 34.5 Å². The SMILES string of the molecule is COc1cc(N)c(C[N]CC(OC)OC)cc1OC. The van der Waals surface area contributed by atoms with Gasteiger partial charge in [0.2, 0.25) is 0 Å². The molecule has 6 nitrogen and oxygen atoms in total. The number of nitrogens with zero attached hydrogens (tertiary/aromatic N) is 1. The molecule has 0 saturated carbocycles. The van der Waals surface area contributed by atoms with Crippen molar-refractivity contribution in [3.63, 3.8) is 0 Å². The van der Waals surface area contributed by atoms with Crippen molar-refractivity contribution in [2.45, 2.75) is 12.8 Å². The minimum Gasteiger partial charge on any atom is -0.493 e. The summed E-state index contributed by atoms with van der Waals surface area (Å²) < 4.78 is 20.5. The minimum absolute atomic E-state index is 0.332. The molecule has 107 valence electrons. The lowest BCUT2D eigenvalue weighted by Crippen LogP contribution is -2.25. The van der Waals surface area contributed by atoms with Gasteiger partial charge in [-0.25, -0.2) is 5.32 Å². The van der Waals surface area contributed by atoms with Crippen molar-refractivity contribution in [2.75, 3.05) is 40.7 Å². The molecule has 2 N–H and O–H groups in total. The number of anilines is 1. The van der Waals surface area contributed by atoms with Gasteiger partial charge in [-0.1, -0.05) is 0 Å². The van der Waals surface area contributed by atoms with Crippen LogP contribution in [0.5, 0.6) is 11.5 Å². The number of benzene rings is 1. The maximum absolute atomic E-state index is 5.94. The zero-order valence-corrected chi connectivity index (χ0v) is 11.8. The Bertz CT molecular complexity index is 394. The van der Waals surface area contributed by atoms with Crippen molar-refractivity contribution < 1.29 is 18.9 Å². The fraction of sp³-hybridized carbons (Fsp3) is 0.538. The van der Waals surface area contributed by atoms with Crippen LogP contribution >= 0.6 is 0 Å². The molecule has 0 amide bonds. The lowest BCUT2D eigenvalue weighted by molar-refractivity contribution is -0.0994. The first-order chi connectivity index (χ1) is 9.15. The van der Waals surface area contributed by atoms with E-state index in [-0.39, 0.29) is 6.29 Å². The van der Waals surface area contributed by atoms with E-state index in [1.807, 2.05) is 6.07 Å². The van der Waals surface area contributed by atoms with Gasteiger partial charge >= 0.3 is 0 Å². The highest BCUT2D eigenvalue weighted by Crippen LogP contribution is 2.31. The summed E-state index contributed by atoms with van der Waals surface area (Å²) in [6, 6.07) is 3.56. The van der Waals surface area contributed by atoms with Crippen LogP contribution < -0.4 is 20.5 Å². The van der Waals surface area contributed by atoms with E-state index in [1.165, 1.54) is 0 Å². The van der Waals surface area contributed by atoms with Gasteiger partial charge in [0, 0.05) is 32.5 Å². The number of ether oxygens (including phenoxy) is 4. The van der Waals surface area contributed by atoms with E-state index in [0.29, 0.717) is 30.3 Å². The smallest absolute Gasteiger partial charge is 0.170 e. The van der Waals surface area contributed by atoms with Gasteiger partial charge in [0.15, 0.2) is 17.8 Å². The van der Waals surface area contributed by atoms with Crippen molar-refractivity contribution in [3.05, 3.63) is 17.7 Å². The molecule has 0 unspecified atom stereocenters. The molecular formula is C13H21N2O4. The topological polar surface area (TPSA) is 77.0 Å². The molecule has 0 atom stereocenters. The van der Waals surface area contributed by atoms with Crippen LogP contribution in [0.1, 0.15) is 5.56 Å². The quantitative estimate of drug-likeness (QED) is 0.563. The molecule has 1 radical (unpaired) electrons. The van der Waals surface area contributed by atoms with Crippen LogP contribution in [0, 0.1) is 0 Å². The number of nitrogens with two attached hydrogens (primary N) is 1. The second kappa shape index (κ2) is 7.83. The standard InChI is InChI=1S/C13H21N2O4/c1-16-11-5-9(10(14)6-12(11)17-2)7-15-8-13(18-3)19-4/h5-6,13H,7-8,14H2,1-4H3. The van der Waals surface area contributed by atoms with E-state index in [2.05, 4.69) is 5.32 Å². The zero-order chi connectivity index (χ0) is 14.3. The minimum atomic E-state index is -0.332. The van der Waals surface area contributed by atoms with Crippen molar-refractivity contribution >= 4 is 5.69 Å². The summed E-state index contributed by atoms with van der Waals surface area (Å²) in [4.78, 5) is 0. The van der Waals surface area contributed by atoms with Crippen LogP contribution in [0.3, 0.4) is 0 Å². The zero-order valence-electron chi connectivity index (χ0n) is 11.8. The van der Waals surface area contributed by atoms with E-state index < -0.39 is 0 Å². The van der Waals surface area contributed by atoms with Gasteiger partial charge in [-0.15, -0.1) is 0 Å². The summed E-state index contributed by atoms with van der Waals surface area (Å²) in [6.45, 7) is 0.913. The summed E-state index contributed by atoms with van der Waals surface area (Å²) in [7, 11) is 6.31. The van der Waals surface area contributed by atoms with Crippen molar-refractivity contribution in [3.8, 4) is 11.5 Å². The van der Waals surface area contributed by atoms with Gasteiger partial charge in [-0.05, 0) is 11.6 Å². The van der Waals surface area contributed by atoms with Crippen molar-refractivity contribution in [2.24, 2.45) is 0 Å². The molecule has 19 heavy (non-hydrogen) atoms. The van der Waals surface area contributed by atoms with Crippen LogP contribution in [-0.2, 0) is 16.0 Å². The summed E-state index contributed by atoms with van der Waals surface area (Å²) >= 11 is 0. The first-order valence-electron chi connectivity index (χ1n) is 5.85. The van der Waals surface area contributed by atoms with E-state index in [9.17, 15) is 0 Å². The third-order valence-corrected chi connectivity index (χ3v) is 2.73. The van der Waals surface area contributed by atoms with Gasteiger partial charge in [0.05, 0.1) is 20.8 Å². The fourth-order valence-corrected chi connectivity index (χ4v) is 1.61. The molecule has 0 saturated heterocycles. The highest BCUT2D eigenvalue weighted by Gasteiger charge is 2.10. The van der Waals surface area contributed by atoms with Crippen molar-refractivity contribution in [1.82, 2.24) is 5.32 Å². The number of hydrogen-bond donors (Lipinski definition) is 1. The molecule has 0 aromatic heterocycles. The summed E-state index contributed by atoms with van der Waals surface area (Å²) in [6.07, 6.45) is -0.332. The Morgan fingerprint density at radius 2 is 1.63 bits per heavy atom. The van der Waals surface area contributed by atoms with Crippen LogP contribution in [0.4, 0.5) is 5.69 Å².